The molecule has 1 atom stereocenters. The fourth-order valence-corrected chi connectivity index (χ4v) is 5.75. The number of anilines is 1. The van der Waals surface area contributed by atoms with Crippen LogP contribution in [-0.2, 0) is 21.5 Å². The van der Waals surface area contributed by atoms with Crippen LogP contribution in [0.3, 0.4) is 0 Å². The first-order valence-electron chi connectivity index (χ1n) is 10.9. The molecule has 174 valence electrons. The normalized spacial score (nSPS) is 17.0. The standard InChI is InChI=1S/C23H30ClN3O4S/c1-3-27(20-11-13-21(14-12-20)31-4-2)32(29,30)26-15-7-9-19(17-26)23(28)25-16-18-8-5-6-10-22(18)24/h5-6,8,10-14,19H,3-4,7,9,15-17H2,1-2H3,(H,25,28)/t19-/m1/s1. The first-order valence-corrected chi connectivity index (χ1v) is 12.7. The van der Waals surface area contributed by atoms with E-state index in [2.05, 4.69) is 5.32 Å². The Labute approximate surface area is 195 Å². The lowest BCUT2D eigenvalue weighted by molar-refractivity contribution is -0.126. The summed E-state index contributed by atoms with van der Waals surface area (Å²) in [5.74, 6) is 0.131. The maximum absolute atomic E-state index is 13.4. The molecule has 2 aromatic carbocycles. The lowest BCUT2D eigenvalue weighted by atomic mass is 9.99. The van der Waals surface area contributed by atoms with Gasteiger partial charge in [0.15, 0.2) is 0 Å². The van der Waals surface area contributed by atoms with Crippen LogP contribution in [0.2, 0.25) is 5.02 Å². The summed E-state index contributed by atoms with van der Waals surface area (Å²) in [6.45, 7) is 5.39. The molecule has 32 heavy (non-hydrogen) atoms. The zero-order valence-corrected chi connectivity index (χ0v) is 20.0. The molecule has 0 bridgehead atoms. The largest absolute Gasteiger partial charge is 0.494 e. The van der Waals surface area contributed by atoms with E-state index in [4.69, 9.17) is 16.3 Å². The second kappa shape index (κ2) is 11.0. The number of piperidine rings is 1. The summed E-state index contributed by atoms with van der Waals surface area (Å²) in [5, 5.41) is 3.49. The van der Waals surface area contributed by atoms with Gasteiger partial charge in [0.25, 0.3) is 0 Å². The molecular weight excluding hydrogens is 450 g/mol. The number of hydrogen-bond acceptors (Lipinski definition) is 4. The number of benzene rings is 2. The molecule has 0 spiro atoms. The van der Waals surface area contributed by atoms with Crippen LogP contribution in [0.5, 0.6) is 5.75 Å². The number of hydrogen-bond donors (Lipinski definition) is 1. The maximum Gasteiger partial charge on any atom is 0.304 e. The van der Waals surface area contributed by atoms with Gasteiger partial charge in [-0.15, -0.1) is 0 Å². The summed E-state index contributed by atoms with van der Waals surface area (Å²) in [5.41, 5.74) is 1.40. The second-order valence-electron chi connectivity index (χ2n) is 7.61. The Morgan fingerprint density at radius 1 is 1.19 bits per heavy atom. The van der Waals surface area contributed by atoms with Crippen LogP contribution in [0.15, 0.2) is 48.5 Å². The fourth-order valence-electron chi connectivity index (χ4n) is 3.83. The molecule has 0 aliphatic carbocycles. The number of nitrogens with zero attached hydrogens (tertiary/aromatic N) is 2. The van der Waals surface area contributed by atoms with E-state index in [1.54, 1.807) is 37.3 Å². The molecule has 9 heteroatoms. The van der Waals surface area contributed by atoms with E-state index >= 15 is 0 Å². The molecule has 1 amide bonds. The Hall–Kier alpha value is -2.29. The Balaban J connectivity index is 1.67. The summed E-state index contributed by atoms with van der Waals surface area (Å²) in [7, 11) is -3.77. The molecular formula is C23H30ClN3O4S. The van der Waals surface area contributed by atoms with E-state index in [0.29, 0.717) is 49.0 Å². The SMILES string of the molecule is CCOc1ccc(N(CC)S(=O)(=O)N2CCC[C@@H](C(=O)NCc3ccccc3Cl)C2)cc1. The highest BCUT2D eigenvalue weighted by atomic mass is 35.5. The van der Waals surface area contributed by atoms with Crippen LogP contribution in [0.4, 0.5) is 5.69 Å². The van der Waals surface area contributed by atoms with Crippen molar-refractivity contribution < 1.29 is 17.9 Å². The van der Waals surface area contributed by atoms with Crippen molar-refractivity contribution in [3.05, 3.63) is 59.1 Å². The smallest absolute Gasteiger partial charge is 0.304 e. The molecule has 3 rings (SSSR count). The van der Waals surface area contributed by atoms with E-state index < -0.39 is 16.1 Å². The van der Waals surface area contributed by atoms with Crippen molar-refractivity contribution in [2.45, 2.75) is 33.2 Å². The third kappa shape index (κ3) is 5.74. The van der Waals surface area contributed by atoms with Crippen molar-refractivity contribution in [1.82, 2.24) is 9.62 Å². The molecule has 7 nitrogen and oxygen atoms in total. The summed E-state index contributed by atoms with van der Waals surface area (Å²) in [6.07, 6.45) is 1.28. The van der Waals surface area contributed by atoms with Gasteiger partial charge in [-0.05, 0) is 62.6 Å². The van der Waals surface area contributed by atoms with Gasteiger partial charge in [0.1, 0.15) is 5.75 Å². The van der Waals surface area contributed by atoms with Gasteiger partial charge in [-0.1, -0.05) is 29.8 Å². The molecule has 1 aliphatic rings. The van der Waals surface area contributed by atoms with Crippen LogP contribution >= 0.6 is 11.6 Å². The van der Waals surface area contributed by atoms with Gasteiger partial charge >= 0.3 is 10.2 Å². The van der Waals surface area contributed by atoms with Crippen molar-refractivity contribution in [3.63, 3.8) is 0 Å². The van der Waals surface area contributed by atoms with Gasteiger partial charge in [-0.2, -0.15) is 12.7 Å². The van der Waals surface area contributed by atoms with Gasteiger partial charge in [0, 0.05) is 31.2 Å². The molecule has 0 unspecified atom stereocenters. The van der Waals surface area contributed by atoms with Crippen molar-refractivity contribution in [3.8, 4) is 5.75 Å². The molecule has 0 saturated carbocycles. The Kier molecular flexibility index (Phi) is 8.39. The third-order valence-corrected chi connectivity index (χ3v) is 7.87. The van der Waals surface area contributed by atoms with Gasteiger partial charge in [0.05, 0.1) is 18.2 Å². The molecule has 1 heterocycles. The van der Waals surface area contributed by atoms with Crippen molar-refractivity contribution in [1.29, 1.82) is 0 Å². The lowest BCUT2D eigenvalue weighted by Gasteiger charge is -2.35. The fraction of sp³-hybridized carbons (Fsp3) is 0.435. The van der Waals surface area contributed by atoms with Crippen molar-refractivity contribution in [2.75, 3.05) is 30.5 Å². The third-order valence-electron chi connectivity index (χ3n) is 5.49. The van der Waals surface area contributed by atoms with Crippen LogP contribution in [0, 0.1) is 5.92 Å². The molecule has 1 fully saturated rings. The quantitative estimate of drug-likeness (QED) is 0.592. The van der Waals surface area contributed by atoms with Crippen molar-refractivity contribution >= 4 is 33.4 Å². The number of nitrogens with one attached hydrogen (secondary N) is 1. The summed E-state index contributed by atoms with van der Waals surface area (Å²) in [4.78, 5) is 12.8. The van der Waals surface area contributed by atoms with E-state index in [9.17, 15) is 13.2 Å². The Morgan fingerprint density at radius 2 is 1.91 bits per heavy atom. The zero-order valence-electron chi connectivity index (χ0n) is 18.5. The van der Waals surface area contributed by atoms with Crippen LogP contribution in [0.1, 0.15) is 32.3 Å². The van der Waals surface area contributed by atoms with Gasteiger partial charge in [-0.25, -0.2) is 0 Å². The molecule has 1 aliphatic heterocycles. The average molecular weight is 480 g/mol. The number of rotatable bonds is 9. The first-order chi connectivity index (χ1) is 15.4. The number of ether oxygens (including phenoxy) is 1. The van der Waals surface area contributed by atoms with Gasteiger partial charge in [0.2, 0.25) is 5.91 Å². The number of halogens is 1. The minimum absolute atomic E-state index is 0.157. The van der Waals surface area contributed by atoms with E-state index in [-0.39, 0.29) is 19.0 Å². The molecule has 0 aromatic heterocycles. The van der Waals surface area contributed by atoms with Crippen LogP contribution in [0.25, 0.3) is 0 Å². The van der Waals surface area contributed by atoms with Crippen molar-refractivity contribution in [2.24, 2.45) is 5.92 Å². The Morgan fingerprint density at radius 3 is 2.56 bits per heavy atom. The number of amides is 1. The predicted molar refractivity (Wildman–Crippen MR) is 127 cm³/mol. The van der Waals surface area contributed by atoms with E-state index in [0.717, 1.165) is 5.56 Å². The topological polar surface area (TPSA) is 79.0 Å². The maximum atomic E-state index is 13.4. The monoisotopic (exact) mass is 479 g/mol. The minimum atomic E-state index is -3.77. The summed E-state index contributed by atoms with van der Waals surface area (Å²) >= 11 is 6.16. The Bertz CT molecular complexity index is 1010. The van der Waals surface area contributed by atoms with Gasteiger partial charge < -0.3 is 10.1 Å². The minimum Gasteiger partial charge on any atom is -0.494 e. The first kappa shape index (κ1) is 24.4. The van der Waals surface area contributed by atoms with E-state index in [1.165, 1.54) is 8.61 Å². The molecule has 1 saturated heterocycles. The number of carbonyl (C=O) groups excluding carboxylic acids is 1. The predicted octanol–water partition coefficient (Wildman–Crippen LogP) is 3.84. The second-order valence-corrected chi connectivity index (χ2v) is 9.87. The highest BCUT2D eigenvalue weighted by Gasteiger charge is 2.35. The molecule has 2 aromatic rings. The highest BCUT2D eigenvalue weighted by Crippen LogP contribution is 2.27. The molecule has 1 N–H and O–H groups in total. The summed E-state index contributed by atoms with van der Waals surface area (Å²) < 4.78 is 35.0. The highest BCUT2D eigenvalue weighted by molar-refractivity contribution is 7.90. The average Bonchev–Trinajstić information content (AvgIpc) is 2.80. The van der Waals surface area contributed by atoms with Crippen LogP contribution < -0.4 is 14.4 Å². The lowest BCUT2D eigenvalue weighted by Crippen LogP contribution is -2.50. The zero-order chi connectivity index (χ0) is 23.1. The molecule has 0 radical (unpaired) electrons. The number of carbonyl (C=O) groups is 1. The van der Waals surface area contributed by atoms with Crippen LogP contribution in [-0.4, -0.2) is 44.9 Å². The van der Waals surface area contributed by atoms with E-state index in [1.807, 2.05) is 25.1 Å². The van der Waals surface area contributed by atoms with Gasteiger partial charge in [-0.3, -0.25) is 9.10 Å². The summed E-state index contributed by atoms with van der Waals surface area (Å²) in [6, 6.07) is 14.3.